The van der Waals surface area contributed by atoms with Gasteiger partial charge < -0.3 is 15.2 Å². The van der Waals surface area contributed by atoms with Gasteiger partial charge in [0.25, 0.3) is 5.91 Å². The molecular weight excluding hydrogens is 326 g/mol. The minimum absolute atomic E-state index is 0.196. The summed E-state index contributed by atoms with van der Waals surface area (Å²) in [5.74, 6) is 0.807. The van der Waals surface area contributed by atoms with Crippen LogP contribution in [0, 0.1) is 0 Å². The number of phenols is 1. The van der Waals surface area contributed by atoms with Gasteiger partial charge in [-0.1, -0.05) is 41.5 Å². The van der Waals surface area contributed by atoms with E-state index in [1.807, 2.05) is 53.7 Å². The number of aromatic hydroxyl groups is 1. The molecule has 0 fully saturated rings. The van der Waals surface area contributed by atoms with E-state index in [1.54, 1.807) is 31.4 Å². The third-order valence-corrected chi connectivity index (χ3v) is 4.34. The molecule has 0 aliphatic heterocycles. The van der Waals surface area contributed by atoms with E-state index in [0.717, 1.165) is 11.1 Å². The maximum Gasteiger partial charge on any atom is 0.255 e. The van der Waals surface area contributed by atoms with Crippen LogP contribution in [-0.4, -0.2) is 18.1 Å². The summed E-state index contributed by atoms with van der Waals surface area (Å²) in [6, 6.07) is 10.7. The van der Waals surface area contributed by atoms with Gasteiger partial charge in [-0.3, -0.25) is 4.79 Å². The Hall–Kier alpha value is -2.49. The largest absolute Gasteiger partial charge is 0.507 e. The van der Waals surface area contributed by atoms with Crippen molar-refractivity contribution in [3.05, 3.63) is 53.1 Å². The molecule has 2 N–H and O–H groups in total. The summed E-state index contributed by atoms with van der Waals surface area (Å²) in [6.07, 6.45) is 0. The van der Waals surface area contributed by atoms with Crippen LogP contribution in [0.15, 0.2) is 36.4 Å². The lowest BCUT2D eigenvalue weighted by molar-refractivity contribution is 0.102. The van der Waals surface area contributed by atoms with Gasteiger partial charge in [0.05, 0.1) is 7.11 Å². The molecule has 4 heteroatoms. The highest BCUT2D eigenvalue weighted by Gasteiger charge is 2.27. The minimum atomic E-state index is -0.245. The van der Waals surface area contributed by atoms with Crippen molar-refractivity contribution in [2.75, 3.05) is 12.4 Å². The molecule has 0 unspecified atom stereocenters. The quantitative estimate of drug-likeness (QED) is 0.740. The highest BCUT2D eigenvalue weighted by molar-refractivity contribution is 6.04. The molecular formula is C22H29NO3. The number of anilines is 1. The zero-order valence-electron chi connectivity index (χ0n) is 16.7. The average molecular weight is 355 g/mol. The summed E-state index contributed by atoms with van der Waals surface area (Å²) in [7, 11) is 1.59. The van der Waals surface area contributed by atoms with Crippen molar-refractivity contribution in [1.82, 2.24) is 0 Å². The van der Waals surface area contributed by atoms with Crippen LogP contribution in [-0.2, 0) is 10.8 Å². The van der Waals surface area contributed by atoms with E-state index in [0.29, 0.717) is 22.7 Å². The average Bonchev–Trinajstić information content (AvgIpc) is 2.54. The van der Waals surface area contributed by atoms with Crippen molar-refractivity contribution in [2.45, 2.75) is 52.4 Å². The molecule has 0 saturated heterocycles. The molecule has 0 saturated carbocycles. The first-order valence-corrected chi connectivity index (χ1v) is 8.77. The minimum Gasteiger partial charge on any atom is -0.507 e. The molecule has 0 heterocycles. The van der Waals surface area contributed by atoms with Crippen molar-refractivity contribution < 1.29 is 14.6 Å². The smallest absolute Gasteiger partial charge is 0.255 e. The summed E-state index contributed by atoms with van der Waals surface area (Å²) in [4.78, 5) is 12.6. The van der Waals surface area contributed by atoms with Crippen LogP contribution in [0.5, 0.6) is 11.5 Å². The molecule has 2 aromatic rings. The topological polar surface area (TPSA) is 58.6 Å². The number of phenolic OH excluding ortho intramolecular Hbond substituents is 1. The van der Waals surface area contributed by atoms with E-state index < -0.39 is 0 Å². The van der Waals surface area contributed by atoms with E-state index in [9.17, 15) is 9.90 Å². The Kier molecular flexibility index (Phi) is 5.36. The Bertz CT molecular complexity index is 759. The summed E-state index contributed by atoms with van der Waals surface area (Å²) >= 11 is 0. The normalized spacial score (nSPS) is 12.0. The second-order valence-corrected chi connectivity index (χ2v) is 8.60. The molecule has 4 nitrogen and oxygen atoms in total. The van der Waals surface area contributed by atoms with Crippen LogP contribution in [0.2, 0.25) is 0 Å². The van der Waals surface area contributed by atoms with Crippen molar-refractivity contribution in [3.63, 3.8) is 0 Å². The molecule has 2 rings (SSSR count). The summed E-state index contributed by atoms with van der Waals surface area (Å²) in [6.45, 7) is 12.3. The van der Waals surface area contributed by atoms with Gasteiger partial charge in [0.15, 0.2) is 0 Å². The molecule has 0 aliphatic rings. The van der Waals surface area contributed by atoms with Gasteiger partial charge in [-0.25, -0.2) is 0 Å². The summed E-state index contributed by atoms with van der Waals surface area (Å²) in [5.41, 5.74) is 2.37. The summed E-state index contributed by atoms with van der Waals surface area (Å²) < 4.78 is 5.13. The summed E-state index contributed by atoms with van der Waals surface area (Å²) in [5, 5.41) is 13.7. The lowest BCUT2D eigenvalue weighted by atomic mass is 9.79. The third kappa shape index (κ3) is 4.37. The number of benzene rings is 2. The number of ether oxygens (including phenoxy) is 1. The van der Waals surface area contributed by atoms with Crippen molar-refractivity contribution >= 4 is 11.6 Å². The third-order valence-electron chi connectivity index (χ3n) is 4.34. The van der Waals surface area contributed by atoms with Gasteiger partial charge in [0, 0.05) is 22.4 Å². The van der Waals surface area contributed by atoms with Crippen molar-refractivity contribution in [2.24, 2.45) is 0 Å². The van der Waals surface area contributed by atoms with Crippen LogP contribution in [0.1, 0.15) is 63.0 Å². The Balaban J connectivity index is 2.43. The number of hydrogen-bond donors (Lipinski definition) is 2. The fourth-order valence-corrected chi connectivity index (χ4v) is 2.80. The Labute approximate surface area is 156 Å². The Morgan fingerprint density at radius 1 is 0.923 bits per heavy atom. The monoisotopic (exact) mass is 355 g/mol. The molecule has 1 amide bonds. The molecule has 140 valence electrons. The first-order valence-electron chi connectivity index (χ1n) is 8.77. The van der Waals surface area contributed by atoms with Gasteiger partial charge >= 0.3 is 0 Å². The van der Waals surface area contributed by atoms with Crippen LogP contribution < -0.4 is 10.1 Å². The van der Waals surface area contributed by atoms with Gasteiger partial charge in [-0.2, -0.15) is 0 Å². The molecule has 2 aromatic carbocycles. The highest BCUT2D eigenvalue weighted by atomic mass is 16.5. The molecule has 0 bridgehead atoms. The maximum atomic E-state index is 12.6. The van der Waals surface area contributed by atoms with Gasteiger partial charge in [0.2, 0.25) is 0 Å². The molecule has 0 radical (unpaired) electrons. The SMILES string of the molecule is COc1ccc(C(=O)Nc2cc(C(C)(C)C)c(O)c(C(C)(C)C)c2)cc1. The number of carbonyl (C=O) groups is 1. The first-order chi connectivity index (χ1) is 11.9. The number of hydrogen-bond acceptors (Lipinski definition) is 3. The Morgan fingerprint density at radius 2 is 1.38 bits per heavy atom. The number of methoxy groups -OCH3 is 1. The molecule has 0 aromatic heterocycles. The number of amides is 1. The predicted octanol–water partition coefficient (Wildman–Crippen LogP) is 5.25. The number of rotatable bonds is 3. The van der Waals surface area contributed by atoms with Crippen LogP contribution in [0.4, 0.5) is 5.69 Å². The van der Waals surface area contributed by atoms with Gasteiger partial charge in [-0.15, -0.1) is 0 Å². The highest BCUT2D eigenvalue weighted by Crippen LogP contribution is 2.41. The zero-order valence-corrected chi connectivity index (χ0v) is 16.7. The van der Waals surface area contributed by atoms with Crippen molar-refractivity contribution in [1.29, 1.82) is 0 Å². The molecule has 0 aliphatic carbocycles. The van der Waals surface area contributed by atoms with Crippen LogP contribution in [0.25, 0.3) is 0 Å². The fraction of sp³-hybridized carbons (Fsp3) is 0.409. The standard InChI is InChI=1S/C22H29NO3/c1-21(2,3)17-12-15(13-18(19(17)24)22(4,5)6)23-20(25)14-8-10-16(26-7)11-9-14/h8-13,24H,1-7H3,(H,23,25). The van der Waals surface area contributed by atoms with E-state index in [4.69, 9.17) is 4.74 Å². The van der Waals surface area contributed by atoms with E-state index in [2.05, 4.69) is 5.32 Å². The van der Waals surface area contributed by atoms with E-state index in [1.165, 1.54) is 0 Å². The second kappa shape index (κ2) is 7.02. The van der Waals surface area contributed by atoms with Gasteiger partial charge in [0.1, 0.15) is 11.5 Å². The lowest BCUT2D eigenvalue weighted by Crippen LogP contribution is -2.19. The van der Waals surface area contributed by atoms with Gasteiger partial charge in [-0.05, 0) is 47.2 Å². The van der Waals surface area contributed by atoms with Crippen LogP contribution in [0.3, 0.4) is 0 Å². The van der Waals surface area contributed by atoms with E-state index >= 15 is 0 Å². The fourth-order valence-electron chi connectivity index (χ4n) is 2.80. The zero-order chi connectivity index (χ0) is 19.7. The molecule has 0 spiro atoms. The first kappa shape index (κ1) is 19.8. The number of carbonyl (C=O) groups excluding carboxylic acids is 1. The Morgan fingerprint density at radius 3 is 1.77 bits per heavy atom. The number of nitrogens with one attached hydrogen (secondary N) is 1. The van der Waals surface area contributed by atoms with Crippen LogP contribution >= 0.6 is 0 Å². The predicted molar refractivity (Wildman–Crippen MR) is 106 cm³/mol. The van der Waals surface area contributed by atoms with E-state index in [-0.39, 0.29) is 16.7 Å². The second-order valence-electron chi connectivity index (χ2n) is 8.60. The molecule has 0 atom stereocenters. The maximum absolute atomic E-state index is 12.6. The van der Waals surface area contributed by atoms with Crippen molar-refractivity contribution in [3.8, 4) is 11.5 Å². The molecule has 26 heavy (non-hydrogen) atoms. The lowest BCUT2D eigenvalue weighted by Gasteiger charge is -2.28.